The molecule has 0 aliphatic rings. The predicted octanol–water partition coefficient (Wildman–Crippen LogP) is 2.11. The molecule has 2 unspecified atom stereocenters. The van der Waals surface area contributed by atoms with Crippen LogP contribution in [0.25, 0.3) is 0 Å². The molecule has 2 atom stereocenters. The standard InChI is InChI=1S/C16H28NO5.U/c1-11(19)9-16(14(3,4)5,17-15(6,7)8)13(20)22-12(2)21-10-18;/h12,17H,9H2,1-8H3;/q-1;. The van der Waals surface area contributed by atoms with E-state index < -0.39 is 28.8 Å². The molecule has 0 saturated carbocycles. The van der Waals surface area contributed by atoms with Crippen LogP contribution < -0.4 is 5.32 Å². The minimum absolute atomic E-state index is 0. The number of hydrogen-bond acceptors (Lipinski definition) is 6. The van der Waals surface area contributed by atoms with Crippen molar-refractivity contribution in [1.82, 2.24) is 5.32 Å². The van der Waals surface area contributed by atoms with Gasteiger partial charge in [0.05, 0.1) is 0 Å². The van der Waals surface area contributed by atoms with E-state index in [9.17, 15) is 14.4 Å². The maximum atomic E-state index is 12.8. The molecule has 7 heteroatoms. The number of nitrogens with one attached hydrogen (secondary N) is 1. The van der Waals surface area contributed by atoms with Gasteiger partial charge in [-0.1, -0.05) is 27.2 Å². The minimum Gasteiger partial charge on any atom is -0.624 e. The first-order valence-corrected chi connectivity index (χ1v) is 7.28. The van der Waals surface area contributed by atoms with E-state index in [1.54, 1.807) is 0 Å². The van der Waals surface area contributed by atoms with E-state index >= 15 is 0 Å². The molecule has 132 valence electrons. The third kappa shape index (κ3) is 7.82. The summed E-state index contributed by atoms with van der Waals surface area (Å²) in [7, 11) is 0. The van der Waals surface area contributed by atoms with E-state index in [0.29, 0.717) is 0 Å². The molecule has 0 aromatic rings. The van der Waals surface area contributed by atoms with Crippen LogP contribution in [0.1, 0.15) is 61.8 Å². The van der Waals surface area contributed by atoms with Crippen LogP contribution in [0.3, 0.4) is 0 Å². The van der Waals surface area contributed by atoms with E-state index in [1.165, 1.54) is 20.3 Å². The summed E-state index contributed by atoms with van der Waals surface area (Å²) in [5.41, 5.74) is -2.27. The Morgan fingerprint density at radius 2 is 1.61 bits per heavy atom. The number of ether oxygens (including phenoxy) is 2. The molecule has 0 spiro atoms. The van der Waals surface area contributed by atoms with Gasteiger partial charge < -0.3 is 14.3 Å². The van der Waals surface area contributed by atoms with E-state index in [1.807, 2.05) is 41.5 Å². The maximum Gasteiger partial charge on any atom is 0.330 e. The summed E-state index contributed by atoms with van der Waals surface area (Å²) in [6.07, 6.45) is -1.09. The normalized spacial score (nSPS) is 15.7. The Morgan fingerprint density at radius 1 is 1.13 bits per heavy atom. The Morgan fingerprint density at radius 3 is 1.91 bits per heavy atom. The SMILES string of the molecule is CC(=O)CC(NC(C)(C)C)(C(=O)OC(C)O[C-]=O)C(C)(C)C.[U]. The van der Waals surface area contributed by atoms with Crippen molar-refractivity contribution >= 4 is 18.2 Å². The van der Waals surface area contributed by atoms with Crippen molar-refractivity contribution in [3.63, 3.8) is 0 Å². The molecular weight excluding hydrogens is 524 g/mol. The first-order valence-electron chi connectivity index (χ1n) is 7.28. The molecule has 0 heterocycles. The van der Waals surface area contributed by atoms with Gasteiger partial charge in [0, 0.05) is 50.0 Å². The molecule has 0 bridgehead atoms. The topological polar surface area (TPSA) is 81.7 Å². The number of carbonyl (C=O) groups is 2. The molecule has 0 aliphatic carbocycles. The van der Waals surface area contributed by atoms with Crippen LogP contribution in [0.15, 0.2) is 0 Å². The Balaban J connectivity index is 0. The summed E-state index contributed by atoms with van der Waals surface area (Å²) in [6, 6.07) is 0. The van der Waals surface area contributed by atoms with Crippen molar-refractivity contribution < 1.29 is 55.0 Å². The third-order valence-electron chi connectivity index (χ3n) is 3.22. The zero-order valence-corrected chi connectivity index (χ0v) is 19.5. The summed E-state index contributed by atoms with van der Waals surface area (Å²) < 4.78 is 9.69. The monoisotopic (exact) mass is 552 g/mol. The molecule has 0 aromatic carbocycles. The maximum absolute atomic E-state index is 12.8. The van der Waals surface area contributed by atoms with Gasteiger partial charge in [0.15, 0.2) is 0 Å². The minimum atomic E-state index is -1.24. The Bertz CT molecular complexity index is 425. The van der Waals surface area contributed by atoms with Gasteiger partial charge in [-0.05, 0) is 33.1 Å². The molecule has 0 rings (SSSR count). The van der Waals surface area contributed by atoms with Crippen LogP contribution in [-0.4, -0.2) is 35.6 Å². The van der Waals surface area contributed by atoms with Gasteiger partial charge in [-0.25, -0.2) is 4.79 Å². The number of esters is 1. The molecule has 0 saturated heterocycles. The molecule has 0 amide bonds. The van der Waals surface area contributed by atoms with Gasteiger partial charge in [0.2, 0.25) is 6.29 Å². The second kappa shape index (κ2) is 9.20. The van der Waals surface area contributed by atoms with Crippen molar-refractivity contribution in [3.05, 3.63) is 0 Å². The Kier molecular flexibility index (Phi) is 9.94. The Hall–Kier alpha value is -0.378. The van der Waals surface area contributed by atoms with Crippen molar-refractivity contribution in [2.24, 2.45) is 5.41 Å². The van der Waals surface area contributed by atoms with Crippen LogP contribution in [0.4, 0.5) is 0 Å². The van der Waals surface area contributed by atoms with Crippen molar-refractivity contribution in [2.45, 2.75) is 79.2 Å². The van der Waals surface area contributed by atoms with E-state index in [0.717, 1.165) is 0 Å². The largest absolute Gasteiger partial charge is 0.624 e. The first kappa shape index (κ1) is 24.9. The fourth-order valence-corrected chi connectivity index (χ4v) is 2.28. The van der Waals surface area contributed by atoms with Gasteiger partial charge in [-0.2, -0.15) is 0 Å². The fourth-order valence-electron chi connectivity index (χ4n) is 2.28. The van der Waals surface area contributed by atoms with Crippen LogP contribution in [0.5, 0.6) is 0 Å². The van der Waals surface area contributed by atoms with Gasteiger partial charge in [0.1, 0.15) is 11.3 Å². The van der Waals surface area contributed by atoms with Crippen LogP contribution >= 0.6 is 0 Å². The third-order valence-corrected chi connectivity index (χ3v) is 3.22. The first-order chi connectivity index (χ1) is 9.75. The summed E-state index contributed by atoms with van der Waals surface area (Å²) in [4.78, 5) is 34.8. The Labute approximate surface area is 162 Å². The fraction of sp³-hybridized carbons (Fsp3) is 0.812. The number of rotatable bonds is 7. The van der Waals surface area contributed by atoms with Crippen molar-refractivity contribution in [2.75, 3.05) is 0 Å². The van der Waals surface area contributed by atoms with Crippen molar-refractivity contribution in [3.8, 4) is 0 Å². The van der Waals surface area contributed by atoms with E-state index in [4.69, 9.17) is 4.74 Å². The quantitative estimate of drug-likeness (QED) is 0.296. The molecule has 1 N–H and O–H groups in total. The van der Waals surface area contributed by atoms with E-state index in [-0.39, 0.29) is 43.3 Å². The van der Waals surface area contributed by atoms with Crippen LogP contribution in [0.2, 0.25) is 0 Å². The molecule has 0 aliphatic heterocycles. The molecule has 23 heavy (non-hydrogen) atoms. The molecule has 0 radical (unpaired) electrons. The summed E-state index contributed by atoms with van der Waals surface area (Å²) in [5, 5.41) is 3.24. The zero-order chi connectivity index (χ0) is 17.8. The number of ketones is 1. The summed E-state index contributed by atoms with van der Waals surface area (Å²) in [6.45, 7) is 15.4. The molecule has 0 fully saturated rings. The van der Waals surface area contributed by atoms with Gasteiger partial charge in [0.25, 0.3) is 0 Å². The van der Waals surface area contributed by atoms with Gasteiger partial charge >= 0.3 is 5.97 Å². The molecular formula is C16H28NO5U-. The smallest absolute Gasteiger partial charge is 0.330 e. The number of carbonyl (C=O) groups excluding carboxylic acids is 3. The number of Topliss-reactive ketones (excluding diaryl/α,β-unsaturated/α-hetero) is 1. The summed E-state index contributed by atoms with van der Waals surface area (Å²) in [5.74, 6) is -0.771. The zero-order valence-electron chi connectivity index (χ0n) is 15.3. The molecule has 6 nitrogen and oxygen atoms in total. The predicted molar refractivity (Wildman–Crippen MR) is 82.7 cm³/mol. The number of hydrogen-bond donors (Lipinski definition) is 1. The van der Waals surface area contributed by atoms with E-state index in [2.05, 4.69) is 10.1 Å². The average molecular weight is 552 g/mol. The summed E-state index contributed by atoms with van der Waals surface area (Å²) >= 11 is 0. The van der Waals surface area contributed by atoms with Crippen LogP contribution in [0, 0.1) is 36.5 Å². The second-order valence-electron chi connectivity index (χ2n) is 7.58. The second-order valence-corrected chi connectivity index (χ2v) is 7.58. The van der Waals surface area contributed by atoms with Gasteiger partial charge in [-0.15, -0.1) is 0 Å². The van der Waals surface area contributed by atoms with Crippen LogP contribution in [-0.2, 0) is 23.9 Å². The van der Waals surface area contributed by atoms with Crippen molar-refractivity contribution in [1.29, 1.82) is 0 Å². The van der Waals surface area contributed by atoms with Gasteiger partial charge in [-0.3, -0.25) is 10.1 Å². The molecule has 0 aromatic heterocycles. The average Bonchev–Trinajstić information content (AvgIpc) is 2.23.